The van der Waals surface area contributed by atoms with Gasteiger partial charge in [-0.15, -0.1) is 0 Å². The van der Waals surface area contributed by atoms with Crippen molar-refractivity contribution in [1.29, 1.82) is 0 Å². The highest BCUT2D eigenvalue weighted by Gasteiger charge is 2.32. The van der Waals surface area contributed by atoms with Gasteiger partial charge >= 0.3 is 6.18 Å². The van der Waals surface area contributed by atoms with Gasteiger partial charge in [0.2, 0.25) is 0 Å². The van der Waals surface area contributed by atoms with E-state index >= 15 is 0 Å². The number of alkyl halides is 3. The summed E-state index contributed by atoms with van der Waals surface area (Å²) in [7, 11) is 0. The summed E-state index contributed by atoms with van der Waals surface area (Å²) in [4.78, 5) is 5.56. The summed E-state index contributed by atoms with van der Waals surface area (Å²) >= 11 is 1.59. The van der Waals surface area contributed by atoms with E-state index in [1.54, 1.807) is 11.3 Å². The minimum absolute atomic E-state index is 0.00863. The third-order valence-corrected chi connectivity index (χ3v) is 4.40. The molecule has 0 bridgehead atoms. The van der Waals surface area contributed by atoms with E-state index in [0.717, 1.165) is 18.1 Å². The van der Waals surface area contributed by atoms with Gasteiger partial charge in [0.25, 0.3) is 0 Å². The Labute approximate surface area is 137 Å². The lowest BCUT2D eigenvalue weighted by molar-refractivity contribution is -0.141. The number of aliphatic hydroxyl groups excluding tert-OH is 1. The number of pyridine rings is 1. The lowest BCUT2D eigenvalue weighted by atomic mass is 10.1. The molecule has 1 unspecified atom stereocenters. The predicted molar refractivity (Wildman–Crippen MR) is 84.0 cm³/mol. The first-order valence-electron chi connectivity index (χ1n) is 7.32. The maximum Gasteiger partial charge on any atom is 0.433 e. The van der Waals surface area contributed by atoms with Crippen LogP contribution in [0.3, 0.4) is 0 Å². The monoisotopic (exact) mass is 344 g/mol. The largest absolute Gasteiger partial charge is 0.433 e. The molecule has 0 aliphatic heterocycles. The van der Waals surface area contributed by atoms with Crippen LogP contribution in [-0.2, 0) is 19.3 Å². The van der Waals surface area contributed by atoms with E-state index in [-0.39, 0.29) is 12.6 Å². The van der Waals surface area contributed by atoms with Crippen LogP contribution in [0.2, 0.25) is 0 Å². The maximum absolute atomic E-state index is 12.6. The molecule has 1 atom stereocenters. The van der Waals surface area contributed by atoms with Crippen molar-refractivity contribution >= 4 is 11.3 Å². The Morgan fingerprint density at radius 3 is 2.43 bits per heavy atom. The van der Waals surface area contributed by atoms with Crippen LogP contribution in [-0.4, -0.2) is 27.6 Å². The second-order valence-electron chi connectivity index (χ2n) is 5.33. The number of aromatic nitrogens is 1. The molecule has 0 amide bonds. The lowest BCUT2D eigenvalue weighted by Crippen LogP contribution is -2.36. The quantitative estimate of drug-likeness (QED) is 0.827. The van der Waals surface area contributed by atoms with Gasteiger partial charge in [-0.2, -0.15) is 24.5 Å². The van der Waals surface area contributed by atoms with Gasteiger partial charge in [0.15, 0.2) is 0 Å². The van der Waals surface area contributed by atoms with Crippen molar-refractivity contribution in [2.75, 3.05) is 6.61 Å². The van der Waals surface area contributed by atoms with Crippen LogP contribution in [0, 0.1) is 0 Å². The molecule has 0 aliphatic rings. The summed E-state index contributed by atoms with van der Waals surface area (Å²) in [5.41, 5.74) is 0.932. The average molecular weight is 344 g/mol. The van der Waals surface area contributed by atoms with Crippen LogP contribution in [0.25, 0.3) is 0 Å². The highest BCUT2D eigenvalue weighted by Crippen LogP contribution is 2.27. The molecule has 1 N–H and O–H groups in total. The van der Waals surface area contributed by atoms with Gasteiger partial charge in [-0.25, -0.2) is 0 Å². The van der Waals surface area contributed by atoms with Crippen LogP contribution >= 0.6 is 11.3 Å². The average Bonchev–Trinajstić information content (AvgIpc) is 3.01. The molecule has 2 rings (SSSR count). The van der Waals surface area contributed by atoms with Crippen LogP contribution < -0.4 is 0 Å². The summed E-state index contributed by atoms with van der Waals surface area (Å²) in [5, 5.41) is 13.6. The van der Waals surface area contributed by atoms with Crippen LogP contribution in [0.1, 0.15) is 30.2 Å². The molecule has 2 aromatic heterocycles. The summed E-state index contributed by atoms with van der Waals surface area (Å²) in [6.07, 6.45) is -2.41. The van der Waals surface area contributed by atoms with E-state index in [2.05, 4.69) is 9.88 Å². The first-order chi connectivity index (χ1) is 10.9. The Morgan fingerprint density at radius 1 is 1.22 bits per heavy atom. The Kier molecular flexibility index (Phi) is 6.15. The lowest BCUT2D eigenvalue weighted by Gasteiger charge is -2.29. The molecule has 0 saturated carbocycles. The van der Waals surface area contributed by atoms with Gasteiger partial charge in [-0.3, -0.25) is 9.88 Å². The fourth-order valence-corrected chi connectivity index (χ4v) is 3.01. The number of aliphatic hydroxyl groups is 1. The zero-order chi connectivity index (χ0) is 16.9. The summed E-state index contributed by atoms with van der Waals surface area (Å²) in [6.45, 7) is 3.07. The zero-order valence-electron chi connectivity index (χ0n) is 12.8. The number of thiophene rings is 1. The van der Waals surface area contributed by atoms with Gasteiger partial charge < -0.3 is 5.11 Å². The second-order valence-corrected chi connectivity index (χ2v) is 6.11. The fraction of sp³-hybridized carbons (Fsp3) is 0.438. The molecule has 0 fully saturated rings. The molecular weight excluding hydrogens is 325 g/mol. The van der Waals surface area contributed by atoms with Crippen molar-refractivity contribution in [2.45, 2.75) is 38.7 Å². The Morgan fingerprint density at radius 2 is 1.96 bits per heavy atom. The molecular formula is C16H19F3N2OS. The van der Waals surface area contributed by atoms with E-state index in [1.807, 2.05) is 23.8 Å². The van der Waals surface area contributed by atoms with E-state index < -0.39 is 11.9 Å². The van der Waals surface area contributed by atoms with E-state index in [1.165, 1.54) is 12.3 Å². The summed E-state index contributed by atoms with van der Waals surface area (Å²) in [5.74, 6) is 0. The van der Waals surface area contributed by atoms with E-state index in [4.69, 9.17) is 0 Å². The van der Waals surface area contributed by atoms with Gasteiger partial charge in [0.05, 0.1) is 6.61 Å². The minimum atomic E-state index is -4.42. The molecule has 2 aromatic rings. The highest BCUT2D eigenvalue weighted by molar-refractivity contribution is 7.07. The van der Waals surface area contributed by atoms with Crippen molar-refractivity contribution in [2.24, 2.45) is 0 Å². The second kappa shape index (κ2) is 7.90. The van der Waals surface area contributed by atoms with Crippen LogP contribution in [0.15, 0.2) is 35.2 Å². The topological polar surface area (TPSA) is 36.4 Å². The Balaban J connectivity index is 2.13. The number of hydrogen-bond donors (Lipinski definition) is 1. The smallest absolute Gasteiger partial charge is 0.395 e. The Bertz CT molecular complexity index is 580. The van der Waals surface area contributed by atoms with Crippen molar-refractivity contribution in [3.05, 3.63) is 52.0 Å². The highest BCUT2D eigenvalue weighted by atomic mass is 32.1. The first kappa shape index (κ1) is 17.9. The molecule has 0 aliphatic carbocycles. The molecule has 0 spiro atoms. The number of halogens is 3. The van der Waals surface area contributed by atoms with Gasteiger partial charge in [0, 0.05) is 25.3 Å². The van der Waals surface area contributed by atoms with Gasteiger partial charge in [0.1, 0.15) is 5.69 Å². The van der Waals surface area contributed by atoms with Crippen LogP contribution in [0.5, 0.6) is 0 Å². The van der Waals surface area contributed by atoms with Crippen molar-refractivity contribution in [3.63, 3.8) is 0 Å². The maximum atomic E-state index is 12.6. The van der Waals surface area contributed by atoms with Crippen molar-refractivity contribution in [1.82, 2.24) is 9.88 Å². The van der Waals surface area contributed by atoms with Gasteiger partial charge in [-0.05, 0) is 40.4 Å². The SMILES string of the molecule is CCC(CO)N(Cc1ccc(C(F)(F)F)nc1)Cc1ccsc1. The molecule has 0 saturated heterocycles. The predicted octanol–water partition coefficient (Wildman–Crippen LogP) is 3.94. The molecule has 126 valence electrons. The molecule has 23 heavy (non-hydrogen) atoms. The fourth-order valence-electron chi connectivity index (χ4n) is 2.35. The third kappa shape index (κ3) is 5.02. The van der Waals surface area contributed by atoms with Crippen LogP contribution in [0.4, 0.5) is 13.2 Å². The normalized spacial score (nSPS) is 13.5. The molecule has 2 heterocycles. The zero-order valence-corrected chi connectivity index (χ0v) is 13.6. The standard InChI is InChI=1S/C16H19F3N2OS/c1-2-14(10-22)21(9-13-5-6-23-11-13)8-12-3-4-15(20-7-12)16(17,18)19/h3-7,11,14,22H,2,8-10H2,1H3. The van der Waals surface area contributed by atoms with Gasteiger partial charge in [-0.1, -0.05) is 13.0 Å². The summed E-state index contributed by atoms with van der Waals surface area (Å²) in [6, 6.07) is 4.41. The first-order valence-corrected chi connectivity index (χ1v) is 8.26. The van der Waals surface area contributed by atoms with E-state index in [0.29, 0.717) is 18.7 Å². The van der Waals surface area contributed by atoms with Crippen molar-refractivity contribution in [3.8, 4) is 0 Å². The number of nitrogens with zero attached hydrogens (tertiary/aromatic N) is 2. The van der Waals surface area contributed by atoms with E-state index in [9.17, 15) is 18.3 Å². The third-order valence-electron chi connectivity index (χ3n) is 3.66. The number of hydrogen-bond acceptors (Lipinski definition) is 4. The molecule has 0 aromatic carbocycles. The Hall–Kier alpha value is -1.44. The molecule has 3 nitrogen and oxygen atoms in total. The molecule has 7 heteroatoms. The molecule has 0 radical (unpaired) electrons. The number of rotatable bonds is 7. The summed E-state index contributed by atoms with van der Waals surface area (Å²) < 4.78 is 37.7. The minimum Gasteiger partial charge on any atom is -0.395 e. The van der Waals surface area contributed by atoms with Crippen molar-refractivity contribution < 1.29 is 18.3 Å².